The molecular weight excluding hydrogens is 234 g/mol. The zero-order chi connectivity index (χ0) is 14.1. The highest BCUT2D eigenvalue weighted by Gasteiger charge is 2.40. The maximum absolute atomic E-state index is 8.83. The van der Waals surface area contributed by atoms with Crippen molar-refractivity contribution in [3.05, 3.63) is 34.9 Å². The SMILES string of the molecule is Cc1cc(C(C)(C)C)ccc1C1(CCC#N)COC1. The lowest BCUT2D eigenvalue weighted by Crippen LogP contribution is -2.47. The van der Waals surface area contributed by atoms with Crippen molar-refractivity contribution in [1.82, 2.24) is 0 Å². The second-order valence-electron chi connectivity index (χ2n) is 6.71. The van der Waals surface area contributed by atoms with E-state index in [4.69, 9.17) is 10.00 Å². The van der Waals surface area contributed by atoms with E-state index in [0.29, 0.717) is 6.42 Å². The van der Waals surface area contributed by atoms with E-state index < -0.39 is 0 Å². The Kier molecular flexibility index (Phi) is 3.69. The van der Waals surface area contributed by atoms with E-state index in [9.17, 15) is 0 Å². The molecule has 0 amide bonds. The van der Waals surface area contributed by atoms with Crippen LogP contribution in [0.15, 0.2) is 18.2 Å². The average Bonchev–Trinajstić information content (AvgIpc) is 2.28. The highest BCUT2D eigenvalue weighted by molar-refractivity contribution is 5.40. The molecule has 0 aromatic heterocycles. The lowest BCUT2D eigenvalue weighted by atomic mass is 9.72. The fraction of sp³-hybridized carbons (Fsp3) is 0.588. The number of hydrogen-bond acceptors (Lipinski definition) is 2. The third-order valence-corrected chi connectivity index (χ3v) is 4.14. The zero-order valence-corrected chi connectivity index (χ0v) is 12.4. The zero-order valence-electron chi connectivity index (χ0n) is 12.4. The van der Waals surface area contributed by atoms with Gasteiger partial charge in [0.2, 0.25) is 0 Å². The smallest absolute Gasteiger partial charge is 0.0622 e. The summed E-state index contributed by atoms with van der Waals surface area (Å²) in [6.07, 6.45) is 1.50. The molecule has 1 heterocycles. The molecular formula is C17H23NO. The van der Waals surface area contributed by atoms with Gasteiger partial charge in [-0.05, 0) is 35.4 Å². The molecule has 1 aliphatic rings. The van der Waals surface area contributed by atoms with Crippen molar-refractivity contribution in [2.75, 3.05) is 13.2 Å². The lowest BCUT2D eigenvalue weighted by Gasteiger charge is -2.43. The van der Waals surface area contributed by atoms with Crippen LogP contribution >= 0.6 is 0 Å². The van der Waals surface area contributed by atoms with Gasteiger partial charge in [0.25, 0.3) is 0 Å². The van der Waals surface area contributed by atoms with Gasteiger partial charge in [-0.25, -0.2) is 0 Å². The average molecular weight is 257 g/mol. The molecule has 0 spiro atoms. The fourth-order valence-corrected chi connectivity index (χ4v) is 2.80. The van der Waals surface area contributed by atoms with Crippen molar-refractivity contribution in [2.45, 2.75) is 51.4 Å². The third kappa shape index (κ3) is 2.67. The third-order valence-electron chi connectivity index (χ3n) is 4.14. The molecule has 2 nitrogen and oxygen atoms in total. The summed E-state index contributed by atoms with van der Waals surface area (Å²) in [6.45, 7) is 10.4. The minimum atomic E-state index is 0.0796. The van der Waals surface area contributed by atoms with Crippen molar-refractivity contribution in [2.24, 2.45) is 0 Å². The number of ether oxygens (including phenoxy) is 1. The van der Waals surface area contributed by atoms with E-state index >= 15 is 0 Å². The summed E-state index contributed by atoms with van der Waals surface area (Å²) in [5, 5.41) is 8.83. The van der Waals surface area contributed by atoms with Crippen LogP contribution in [0.2, 0.25) is 0 Å². The largest absolute Gasteiger partial charge is 0.379 e. The van der Waals surface area contributed by atoms with E-state index in [1.165, 1.54) is 16.7 Å². The highest BCUT2D eigenvalue weighted by Crippen LogP contribution is 2.39. The molecule has 0 unspecified atom stereocenters. The Hall–Kier alpha value is -1.33. The number of nitriles is 1. The van der Waals surface area contributed by atoms with E-state index in [1.54, 1.807) is 0 Å². The summed E-state index contributed by atoms with van der Waals surface area (Å²) in [7, 11) is 0. The summed E-state index contributed by atoms with van der Waals surface area (Å²) >= 11 is 0. The molecule has 0 radical (unpaired) electrons. The first-order valence-corrected chi connectivity index (χ1v) is 6.95. The molecule has 1 aromatic carbocycles. The highest BCUT2D eigenvalue weighted by atomic mass is 16.5. The molecule has 0 N–H and O–H groups in total. The van der Waals surface area contributed by atoms with Crippen molar-refractivity contribution in [1.29, 1.82) is 5.26 Å². The summed E-state index contributed by atoms with van der Waals surface area (Å²) < 4.78 is 5.43. The summed E-state index contributed by atoms with van der Waals surface area (Å²) in [6, 6.07) is 9.03. The van der Waals surface area contributed by atoms with Crippen LogP contribution in [-0.2, 0) is 15.6 Å². The van der Waals surface area contributed by atoms with Crippen molar-refractivity contribution in [3.63, 3.8) is 0 Å². The van der Waals surface area contributed by atoms with Crippen molar-refractivity contribution in [3.8, 4) is 6.07 Å². The van der Waals surface area contributed by atoms with Gasteiger partial charge in [0, 0.05) is 11.8 Å². The molecule has 102 valence electrons. The first-order chi connectivity index (χ1) is 8.89. The Morgan fingerprint density at radius 3 is 2.42 bits per heavy atom. The first kappa shape index (κ1) is 14.1. The number of hydrogen-bond donors (Lipinski definition) is 0. The number of aryl methyl sites for hydroxylation is 1. The van der Waals surface area contributed by atoms with Gasteiger partial charge in [-0.15, -0.1) is 0 Å². The molecule has 1 aliphatic heterocycles. The summed E-state index contributed by atoms with van der Waals surface area (Å²) in [4.78, 5) is 0. The van der Waals surface area contributed by atoms with Crippen LogP contribution in [0.3, 0.4) is 0 Å². The number of benzene rings is 1. The van der Waals surface area contributed by atoms with E-state index in [2.05, 4.69) is 52.0 Å². The second kappa shape index (κ2) is 4.98. The monoisotopic (exact) mass is 257 g/mol. The van der Waals surface area contributed by atoms with Crippen LogP contribution < -0.4 is 0 Å². The van der Waals surface area contributed by atoms with Gasteiger partial charge in [0.05, 0.1) is 19.3 Å². The molecule has 1 aromatic rings. The van der Waals surface area contributed by atoms with Gasteiger partial charge in [0.1, 0.15) is 0 Å². The lowest BCUT2D eigenvalue weighted by molar-refractivity contribution is -0.0640. The second-order valence-corrected chi connectivity index (χ2v) is 6.71. The molecule has 1 saturated heterocycles. The molecule has 0 aliphatic carbocycles. The fourth-order valence-electron chi connectivity index (χ4n) is 2.80. The molecule has 0 bridgehead atoms. The maximum Gasteiger partial charge on any atom is 0.0622 e. The van der Waals surface area contributed by atoms with Gasteiger partial charge < -0.3 is 4.74 Å². The molecule has 0 atom stereocenters. The molecule has 19 heavy (non-hydrogen) atoms. The van der Waals surface area contributed by atoms with E-state index in [-0.39, 0.29) is 10.8 Å². The van der Waals surface area contributed by atoms with Crippen LogP contribution in [0.4, 0.5) is 0 Å². The normalized spacial score (nSPS) is 17.6. The number of rotatable bonds is 3. The van der Waals surface area contributed by atoms with Gasteiger partial charge in [-0.2, -0.15) is 5.26 Å². The van der Waals surface area contributed by atoms with Gasteiger partial charge in [0.15, 0.2) is 0 Å². The summed E-state index contributed by atoms with van der Waals surface area (Å²) in [5.74, 6) is 0. The van der Waals surface area contributed by atoms with E-state index in [0.717, 1.165) is 19.6 Å². The van der Waals surface area contributed by atoms with Gasteiger partial charge in [-0.1, -0.05) is 39.0 Å². The van der Waals surface area contributed by atoms with Crippen LogP contribution in [0, 0.1) is 18.3 Å². The topological polar surface area (TPSA) is 33.0 Å². The molecule has 2 rings (SSSR count). The van der Waals surface area contributed by atoms with Crippen molar-refractivity contribution < 1.29 is 4.74 Å². The minimum Gasteiger partial charge on any atom is -0.379 e. The maximum atomic E-state index is 8.83. The Morgan fingerprint density at radius 1 is 1.32 bits per heavy atom. The first-order valence-electron chi connectivity index (χ1n) is 6.95. The van der Waals surface area contributed by atoms with Crippen LogP contribution in [0.25, 0.3) is 0 Å². The van der Waals surface area contributed by atoms with Crippen molar-refractivity contribution >= 4 is 0 Å². The van der Waals surface area contributed by atoms with Gasteiger partial charge >= 0.3 is 0 Å². The standard InChI is InChI=1S/C17H23NO/c1-13-10-14(16(2,3)4)6-7-15(13)17(8-5-9-18)11-19-12-17/h6-7,10H,5,8,11-12H2,1-4H3. The Morgan fingerprint density at radius 2 is 2.00 bits per heavy atom. The predicted octanol–water partition coefficient (Wildman–Crippen LogP) is 3.86. The Bertz CT molecular complexity index is 501. The van der Waals surface area contributed by atoms with Crippen LogP contribution in [0.1, 0.15) is 50.3 Å². The Labute approximate surface area is 116 Å². The molecule has 1 fully saturated rings. The van der Waals surface area contributed by atoms with Crippen LogP contribution in [-0.4, -0.2) is 13.2 Å². The predicted molar refractivity (Wildman–Crippen MR) is 77.2 cm³/mol. The molecule has 0 saturated carbocycles. The number of nitrogens with zero attached hydrogens (tertiary/aromatic N) is 1. The van der Waals surface area contributed by atoms with Crippen LogP contribution in [0.5, 0.6) is 0 Å². The van der Waals surface area contributed by atoms with Gasteiger partial charge in [-0.3, -0.25) is 0 Å². The quantitative estimate of drug-likeness (QED) is 0.823. The minimum absolute atomic E-state index is 0.0796. The van der Waals surface area contributed by atoms with E-state index in [1.807, 2.05) is 0 Å². The Balaban J connectivity index is 2.33. The molecule has 2 heteroatoms. The summed E-state index contributed by atoms with van der Waals surface area (Å²) in [5.41, 5.74) is 4.32.